The Kier molecular flexibility index (Phi) is 4.98. The second-order valence-electron chi connectivity index (χ2n) is 7.39. The molecule has 118 valence electrons. The van der Waals surface area contributed by atoms with Gasteiger partial charge in [-0.15, -0.1) is 0 Å². The van der Waals surface area contributed by atoms with Crippen LogP contribution in [0, 0.1) is 5.92 Å². The Morgan fingerprint density at radius 1 is 1.24 bits per heavy atom. The van der Waals surface area contributed by atoms with Gasteiger partial charge in [0.15, 0.2) is 0 Å². The van der Waals surface area contributed by atoms with Gasteiger partial charge in [-0.1, -0.05) is 53.7 Å². The zero-order valence-electron chi connectivity index (χ0n) is 14.5. The second-order valence-corrected chi connectivity index (χ2v) is 7.39. The molecule has 2 nitrogen and oxygen atoms in total. The van der Waals surface area contributed by atoms with Crippen molar-refractivity contribution in [3.63, 3.8) is 0 Å². The zero-order valence-corrected chi connectivity index (χ0v) is 14.5. The van der Waals surface area contributed by atoms with E-state index in [4.69, 9.17) is 4.74 Å². The van der Waals surface area contributed by atoms with E-state index in [-0.39, 0.29) is 5.41 Å². The van der Waals surface area contributed by atoms with Gasteiger partial charge in [-0.3, -0.25) is 0 Å². The molecule has 1 heterocycles. The quantitative estimate of drug-likeness (QED) is 0.873. The van der Waals surface area contributed by atoms with Gasteiger partial charge in [0.25, 0.3) is 0 Å². The number of rotatable bonds is 4. The SMILES string of the molecule is CCCNC1c2cc(CC)cc(C(C)(C)C)c2OCC1C. The summed E-state index contributed by atoms with van der Waals surface area (Å²) in [6.07, 6.45) is 2.24. The Bertz CT molecular complexity index is 487. The van der Waals surface area contributed by atoms with Crippen LogP contribution >= 0.6 is 0 Å². The Morgan fingerprint density at radius 2 is 1.95 bits per heavy atom. The van der Waals surface area contributed by atoms with E-state index in [1.807, 2.05) is 0 Å². The first-order valence-corrected chi connectivity index (χ1v) is 8.42. The lowest BCUT2D eigenvalue weighted by Gasteiger charge is -2.36. The van der Waals surface area contributed by atoms with Gasteiger partial charge in [-0.25, -0.2) is 0 Å². The molecule has 1 aromatic carbocycles. The van der Waals surface area contributed by atoms with Crippen LogP contribution in [0.4, 0.5) is 0 Å². The summed E-state index contributed by atoms with van der Waals surface area (Å²) < 4.78 is 6.16. The van der Waals surface area contributed by atoms with E-state index in [0.29, 0.717) is 12.0 Å². The molecule has 1 aromatic rings. The predicted octanol–water partition coefficient (Wildman–Crippen LogP) is 4.62. The minimum Gasteiger partial charge on any atom is -0.493 e. The largest absolute Gasteiger partial charge is 0.493 e. The number of hydrogen-bond donors (Lipinski definition) is 1. The fraction of sp³-hybridized carbons (Fsp3) is 0.684. The maximum atomic E-state index is 6.16. The summed E-state index contributed by atoms with van der Waals surface area (Å²) in [6, 6.07) is 5.11. The molecule has 0 radical (unpaired) electrons. The molecule has 0 aliphatic carbocycles. The van der Waals surface area contributed by atoms with Gasteiger partial charge in [0, 0.05) is 23.1 Å². The number of benzene rings is 1. The molecular weight excluding hydrogens is 258 g/mol. The highest BCUT2D eigenvalue weighted by Gasteiger charge is 2.32. The van der Waals surface area contributed by atoms with Crippen molar-refractivity contribution in [1.29, 1.82) is 0 Å². The van der Waals surface area contributed by atoms with Crippen LogP contribution in [0.25, 0.3) is 0 Å². The summed E-state index contributed by atoms with van der Waals surface area (Å²) in [6.45, 7) is 15.4. The van der Waals surface area contributed by atoms with Gasteiger partial charge in [0.2, 0.25) is 0 Å². The van der Waals surface area contributed by atoms with E-state index in [1.165, 1.54) is 23.1 Å². The molecule has 2 heteroatoms. The minimum absolute atomic E-state index is 0.116. The zero-order chi connectivity index (χ0) is 15.6. The van der Waals surface area contributed by atoms with Crippen LogP contribution in [-0.4, -0.2) is 13.2 Å². The van der Waals surface area contributed by atoms with Crippen LogP contribution in [0.5, 0.6) is 5.75 Å². The molecule has 1 aliphatic rings. The van der Waals surface area contributed by atoms with E-state index < -0.39 is 0 Å². The Labute approximate surface area is 130 Å². The molecule has 1 aliphatic heterocycles. The number of fused-ring (bicyclic) bond motifs is 1. The van der Waals surface area contributed by atoms with Crippen molar-refractivity contribution >= 4 is 0 Å². The molecule has 0 spiro atoms. The standard InChI is InChI=1S/C19H31NO/c1-7-9-20-17-13(3)12-21-18-15(17)10-14(8-2)11-16(18)19(4,5)6/h10-11,13,17,20H,7-9,12H2,1-6H3. The van der Waals surface area contributed by atoms with Crippen LogP contribution in [0.15, 0.2) is 12.1 Å². The van der Waals surface area contributed by atoms with Gasteiger partial charge in [-0.2, -0.15) is 0 Å². The van der Waals surface area contributed by atoms with E-state index in [9.17, 15) is 0 Å². The summed E-state index contributed by atoms with van der Waals surface area (Å²) in [5, 5.41) is 3.73. The topological polar surface area (TPSA) is 21.3 Å². The van der Waals surface area contributed by atoms with E-state index in [0.717, 1.165) is 25.3 Å². The molecule has 0 aromatic heterocycles. The lowest BCUT2D eigenvalue weighted by Crippen LogP contribution is -2.35. The van der Waals surface area contributed by atoms with Crippen LogP contribution in [-0.2, 0) is 11.8 Å². The number of nitrogens with one attached hydrogen (secondary N) is 1. The Hall–Kier alpha value is -1.02. The average Bonchev–Trinajstić information content (AvgIpc) is 2.44. The summed E-state index contributed by atoms with van der Waals surface area (Å²) >= 11 is 0. The monoisotopic (exact) mass is 289 g/mol. The molecule has 0 bridgehead atoms. The first-order valence-electron chi connectivity index (χ1n) is 8.42. The van der Waals surface area contributed by atoms with Crippen molar-refractivity contribution < 1.29 is 4.74 Å². The fourth-order valence-electron chi connectivity index (χ4n) is 3.10. The van der Waals surface area contributed by atoms with Crippen molar-refractivity contribution in [3.8, 4) is 5.75 Å². The number of hydrogen-bond acceptors (Lipinski definition) is 2. The molecule has 1 N–H and O–H groups in total. The van der Waals surface area contributed by atoms with Crippen molar-refractivity contribution in [3.05, 3.63) is 28.8 Å². The lowest BCUT2D eigenvalue weighted by molar-refractivity contribution is 0.184. The van der Waals surface area contributed by atoms with Crippen molar-refractivity contribution in [1.82, 2.24) is 5.32 Å². The van der Waals surface area contributed by atoms with Crippen LogP contribution < -0.4 is 10.1 Å². The first kappa shape index (κ1) is 16.4. The molecule has 0 saturated heterocycles. The highest BCUT2D eigenvalue weighted by molar-refractivity contribution is 5.50. The first-order chi connectivity index (χ1) is 9.88. The van der Waals surface area contributed by atoms with Gasteiger partial charge in [-0.05, 0) is 30.4 Å². The molecule has 2 atom stereocenters. The molecule has 2 unspecified atom stereocenters. The summed E-state index contributed by atoms with van der Waals surface area (Å²) in [5.41, 5.74) is 4.25. The third-order valence-corrected chi connectivity index (χ3v) is 4.40. The summed E-state index contributed by atoms with van der Waals surface area (Å²) in [5.74, 6) is 1.65. The van der Waals surface area contributed by atoms with Crippen molar-refractivity contribution in [2.24, 2.45) is 5.92 Å². The smallest absolute Gasteiger partial charge is 0.127 e. The van der Waals surface area contributed by atoms with E-state index in [1.54, 1.807) is 0 Å². The van der Waals surface area contributed by atoms with Crippen molar-refractivity contribution in [2.75, 3.05) is 13.2 Å². The molecule has 0 saturated carbocycles. The molecule has 0 fully saturated rings. The summed E-state index contributed by atoms with van der Waals surface area (Å²) in [7, 11) is 0. The van der Waals surface area contributed by atoms with Crippen molar-refractivity contribution in [2.45, 2.75) is 65.8 Å². The average molecular weight is 289 g/mol. The summed E-state index contributed by atoms with van der Waals surface area (Å²) in [4.78, 5) is 0. The number of ether oxygens (including phenoxy) is 1. The van der Waals surface area contributed by atoms with Gasteiger partial charge < -0.3 is 10.1 Å². The van der Waals surface area contributed by atoms with E-state index in [2.05, 4.69) is 59.0 Å². The maximum Gasteiger partial charge on any atom is 0.127 e. The molecule has 0 amide bonds. The van der Waals surface area contributed by atoms with Crippen LogP contribution in [0.1, 0.15) is 70.7 Å². The Morgan fingerprint density at radius 3 is 2.52 bits per heavy atom. The van der Waals surface area contributed by atoms with E-state index >= 15 is 0 Å². The lowest BCUT2D eigenvalue weighted by atomic mass is 9.80. The third kappa shape index (κ3) is 3.42. The highest BCUT2D eigenvalue weighted by atomic mass is 16.5. The fourth-order valence-corrected chi connectivity index (χ4v) is 3.10. The highest BCUT2D eigenvalue weighted by Crippen LogP contribution is 2.43. The normalized spacial score (nSPS) is 21.8. The predicted molar refractivity (Wildman–Crippen MR) is 90.2 cm³/mol. The molecule has 2 rings (SSSR count). The molecular formula is C19H31NO. The van der Waals surface area contributed by atoms with Gasteiger partial charge >= 0.3 is 0 Å². The Balaban J connectivity index is 2.52. The molecule has 21 heavy (non-hydrogen) atoms. The van der Waals surface area contributed by atoms with Gasteiger partial charge in [0.1, 0.15) is 5.75 Å². The second kappa shape index (κ2) is 6.39. The van der Waals surface area contributed by atoms with Crippen LogP contribution in [0.2, 0.25) is 0 Å². The minimum atomic E-state index is 0.116. The maximum absolute atomic E-state index is 6.16. The third-order valence-electron chi connectivity index (χ3n) is 4.40. The van der Waals surface area contributed by atoms with Gasteiger partial charge in [0.05, 0.1) is 6.61 Å². The van der Waals surface area contributed by atoms with Crippen LogP contribution in [0.3, 0.4) is 0 Å². The number of aryl methyl sites for hydroxylation is 1.